The topological polar surface area (TPSA) is 21.3 Å². The molecule has 1 unspecified atom stereocenters. The van der Waals surface area contributed by atoms with Crippen LogP contribution in [0.4, 0.5) is 18.9 Å². The smallest absolute Gasteiger partial charge is 0.196 e. The van der Waals surface area contributed by atoms with Gasteiger partial charge in [-0.2, -0.15) is 0 Å². The molecule has 2 aromatic rings. The van der Waals surface area contributed by atoms with E-state index in [1.54, 1.807) is 26.2 Å². The molecule has 0 bridgehead atoms. The third-order valence-corrected chi connectivity index (χ3v) is 3.02. The molecular formula is C15H14F3NO. The maximum Gasteiger partial charge on any atom is 0.196 e. The average molecular weight is 281 g/mol. The van der Waals surface area contributed by atoms with Gasteiger partial charge in [0.2, 0.25) is 0 Å². The number of rotatable bonds is 4. The Bertz CT molecular complexity index is 599. The number of nitrogens with one attached hydrogen (secondary N) is 1. The first kappa shape index (κ1) is 14.2. The van der Waals surface area contributed by atoms with Crippen LogP contribution in [0.2, 0.25) is 0 Å². The number of anilines is 1. The fraction of sp³-hybridized carbons (Fsp3) is 0.200. The molecule has 0 heterocycles. The second-order valence-electron chi connectivity index (χ2n) is 4.36. The highest BCUT2D eigenvalue weighted by Gasteiger charge is 2.15. The van der Waals surface area contributed by atoms with Crippen molar-refractivity contribution in [1.29, 1.82) is 0 Å². The van der Waals surface area contributed by atoms with E-state index in [4.69, 9.17) is 4.74 Å². The molecule has 0 aliphatic heterocycles. The lowest BCUT2D eigenvalue weighted by atomic mass is 10.1. The summed E-state index contributed by atoms with van der Waals surface area (Å²) >= 11 is 0. The zero-order valence-electron chi connectivity index (χ0n) is 11.1. The molecule has 5 heteroatoms. The number of hydrogen-bond acceptors (Lipinski definition) is 2. The van der Waals surface area contributed by atoms with Gasteiger partial charge in [-0.1, -0.05) is 12.1 Å². The first-order chi connectivity index (χ1) is 9.52. The van der Waals surface area contributed by atoms with E-state index in [-0.39, 0.29) is 11.7 Å². The molecule has 0 spiro atoms. The Hall–Kier alpha value is -2.17. The Labute approximate surface area is 115 Å². The van der Waals surface area contributed by atoms with Gasteiger partial charge in [-0.25, -0.2) is 13.2 Å². The van der Waals surface area contributed by atoms with Gasteiger partial charge in [-0.05, 0) is 36.8 Å². The third kappa shape index (κ3) is 2.87. The third-order valence-electron chi connectivity index (χ3n) is 3.02. The molecule has 2 aromatic carbocycles. The molecule has 0 fully saturated rings. The Balaban J connectivity index is 2.18. The molecular weight excluding hydrogens is 267 g/mol. The second kappa shape index (κ2) is 5.86. The molecule has 2 rings (SSSR count). The van der Waals surface area contributed by atoms with Crippen LogP contribution in [0.5, 0.6) is 5.75 Å². The van der Waals surface area contributed by atoms with Gasteiger partial charge in [0.15, 0.2) is 17.5 Å². The van der Waals surface area contributed by atoms with Crippen molar-refractivity contribution in [2.45, 2.75) is 13.0 Å². The van der Waals surface area contributed by atoms with Crippen LogP contribution >= 0.6 is 0 Å². The van der Waals surface area contributed by atoms with Gasteiger partial charge in [0.05, 0.1) is 12.8 Å². The van der Waals surface area contributed by atoms with Crippen LogP contribution in [0.15, 0.2) is 36.4 Å². The predicted molar refractivity (Wildman–Crippen MR) is 71.3 cm³/mol. The van der Waals surface area contributed by atoms with Crippen molar-refractivity contribution >= 4 is 5.69 Å². The Morgan fingerprint density at radius 2 is 1.60 bits per heavy atom. The average Bonchev–Trinajstić information content (AvgIpc) is 2.48. The summed E-state index contributed by atoms with van der Waals surface area (Å²) in [6, 6.07) is 8.97. The molecule has 1 N–H and O–H groups in total. The second-order valence-corrected chi connectivity index (χ2v) is 4.36. The minimum atomic E-state index is -1.48. The molecule has 0 aliphatic carbocycles. The molecule has 2 nitrogen and oxygen atoms in total. The van der Waals surface area contributed by atoms with E-state index in [0.29, 0.717) is 5.75 Å². The maximum absolute atomic E-state index is 13.6. The highest BCUT2D eigenvalue weighted by atomic mass is 19.2. The number of benzene rings is 2. The lowest BCUT2D eigenvalue weighted by molar-refractivity contribution is 0.414. The summed E-state index contributed by atoms with van der Waals surface area (Å²) in [4.78, 5) is 0. The van der Waals surface area contributed by atoms with Crippen LogP contribution in [0.1, 0.15) is 18.5 Å². The van der Waals surface area contributed by atoms with Crippen LogP contribution in [0, 0.1) is 17.5 Å². The van der Waals surface area contributed by atoms with E-state index in [0.717, 1.165) is 11.6 Å². The van der Waals surface area contributed by atoms with Gasteiger partial charge in [-0.3, -0.25) is 0 Å². The molecule has 0 saturated heterocycles. The van der Waals surface area contributed by atoms with Gasteiger partial charge < -0.3 is 10.1 Å². The SMILES string of the molecule is COc1ccc(C(C)Nc2ccc(F)c(F)c2F)cc1. The summed E-state index contributed by atoms with van der Waals surface area (Å²) in [5.74, 6) is -3.19. The summed E-state index contributed by atoms with van der Waals surface area (Å²) in [6.07, 6.45) is 0. The van der Waals surface area contributed by atoms with Crippen molar-refractivity contribution in [3.63, 3.8) is 0 Å². The Kier molecular flexibility index (Phi) is 4.17. The van der Waals surface area contributed by atoms with Gasteiger partial charge in [0.25, 0.3) is 0 Å². The van der Waals surface area contributed by atoms with Gasteiger partial charge in [0, 0.05) is 6.04 Å². The van der Waals surface area contributed by atoms with E-state index in [1.807, 2.05) is 12.1 Å². The Morgan fingerprint density at radius 3 is 2.20 bits per heavy atom. The quantitative estimate of drug-likeness (QED) is 0.844. The van der Waals surface area contributed by atoms with Crippen molar-refractivity contribution in [3.8, 4) is 5.75 Å². The van der Waals surface area contributed by atoms with Gasteiger partial charge >= 0.3 is 0 Å². The number of methoxy groups -OCH3 is 1. The molecule has 20 heavy (non-hydrogen) atoms. The Morgan fingerprint density at radius 1 is 0.950 bits per heavy atom. The van der Waals surface area contributed by atoms with Crippen molar-refractivity contribution in [2.75, 3.05) is 12.4 Å². The van der Waals surface area contributed by atoms with Crippen LogP contribution in [0.25, 0.3) is 0 Å². The van der Waals surface area contributed by atoms with Crippen LogP contribution in [0.3, 0.4) is 0 Å². The van der Waals surface area contributed by atoms with Crippen LogP contribution in [-0.2, 0) is 0 Å². The van der Waals surface area contributed by atoms with Crippen molar-refractivity contribution < 1.29 is 17.9 Å². The van der Waals surface area contributed by atoms with Crippen LogP contribution in [-0.4, -0.2) is 7.11 Å². The van der Waals surface area contributed by atoms with Crippen molar-refractivity contribution in [3.05, 3.63) is 59.4 Å². The fourth-order valence-corrected chi connectivity index (χ4v) is 1.85. The molecule has 0 aromatic heterocycles. The summed E-state index contributed by atoms with van der Waals surface area (Å²) in [5.41, 5.74) is 0.794. The molecule has 0 saturated carbocycles. The highest BCUT2D eigenvalue weighted by molar-refractivity contribution is 5.47. The maximum atomic E-state index is 13.6. The number of hydrogen-bond donors (Lipinski definition) is 1. The summed E-state index contributed by atoms with van der Waals surface area (Å²) in [6.45, 7) is 1.79. The monoisotopic (exact) mass is 281 g/mol. The molecule has 106 valence electrons. The lowest BCUT2D eigenvalue weighted by Gasteiger charge is -2.17. The van der Waals surface area contributed by atoms with Gasteiger partial charge in [0.1, 0.15) is 5.75 Å². The minimum absolute atomic E-state index is 0.0766. The molecule has 0 amide bonds. The van der Waals surface area contributed by atoms with Gasteiger partial charge in [-0.15, -0.1) is 0 Å². The number of halogens is 3. The van der Waals surface area contributed by atoms with E-state index < -0.39 is 17.5 Å². The predicted octanol–water partition coefficient (Wildman–Crippen LogP) is 4.29. The lowest BCUT2D eigenvalue weighted by Crippen LogP contribution is -2.09. The molecule has 1 atom stereocenters. The van der Waals surface area contributed by atoms with E-state index >= 15 is 0 Å². The summed E-state index contributed by atoms with van der Waals surface area (Å²) < 4.78 is 44.6. The summed E-state index contributed by atoms with van der Waals surface area (Å²) in [5, 5.41) is 2.81. The molecule has 0 aliphatic rings. The largest absolute Gasteiger partial charge is 0.497 e. The fourth-order valence-electron chi connectivity index (χ4n) is 1.85. The highest BCUT2D eigenvalue weighted by Crippen LogP contribution is 2.25. The molecule has 0 radical (unpaired) electrons. The zero-order valence-corrected chi connectivity index (χ0v) is 11.1. The normalized spacial score (nSPS) is 12.1. The first-order valence-corrected chi connectivity index (χ1v) is 6.07. The first-order valence-electron chi connectivity index (χ1n) is 6.07. The van der Waals surface area contributed by atoms with E-state index in [1.165, 1.54) is 6.07 Å². The van der Waals surface area contributed by atoms with Crippen molar-refractivity contribution in [1.82, 2.24) is 0 Å². The zero-order chi connectivity index (χ0) is 14.7. The summed E-state index contributed by atoms with van der Waals surface area (Å²) in [7, 11) is 1.56. The minimum Gasteiger partial charge on any atom is -0.497 e. The standard InChI is InChI=1S/C15H14F3NO/c1-9(10-3-5-11(20-2)6-4-10)19-13-8-7-12(16)14(17)15(13)18/h3-9,19H,1-2H3. The number of ether oxygens (including phenoxy) is 1. The van der Waals surface area contributed by atoms with Crippen LogP contribution < -0.4 is 10.1 Å². The van der Waals surface area contributed by atoms with E-state index in [2.05, 4.69) is 5.32 Å². The van der Waals surface area contributed by atoms with E-state index in [9.17, 15) is 13.2 Å². The van der Waals surface area contributed by atoms with Crippen molar-refractivity contribution in [2.24, 2.45) is 0 Å².